The molecule has 2 aromatic carbocycles. The molecule has 0 saturated carbocycles. The van der Waals surface area contributed by atoms with E-state index in [2.05, 4.69) is 27.8 Å². The van der Waals surface area contributed by atoms with Gasteiger partial charge in [-0.1, -0.05) is 6.07 Å². The first-order valence-corrected chi connectivity index (χ1v) is 10.1. The van der Waals surface area contributed by atoms with E-state index in [4.69, 9.17) is 0 Å². The Labute approximate surface area is 166 Å². The minimum atomic E-state index is -0.295. The van der Waals surface area contributed by atoms with E-state index in [0.29, 0.717) is 5.56 Å². The second-order valence-corrected chi connectivity index (χ2v) is 7.86. The molecule has 3 nitrogen and oxygen atoms in total. The van der Waals surface area contributed by atoms with Crippen LogP contribution in [0.2, 0.25) is 0 Å². The fraction of sp³-hybridized carbons (Fsp3) is 0.300. The quantitative estimate of drug-likeness (QED) is 0.238. The molecule has 0 spiro atoms. The second-order valence-electron chi connectivity index (χ2n) is 6.02. The summed E-state index contributed by atoms with van der Waals surface area (Å²) in [6, 6.07) is 8.16. The van der Waals surface area contributed by atoms with Crippen LogP contribution in [0.5, 0.6) is 0 Å². The van der Waals surface area contributed by atoms with Crippen LogP contribution in [0.25, 0.3) is 0 Å². The Morgan fingerprint density at radius 2 is 2.08 bits per heavy atom. The van der Waals surface area contributed by atoms with Crippen LogP contribution in [0, 0.1) is 19.7 Å². The van der Waals surface area contributed by atoms with E-state index in [0.717, 1.165) is 32.7 Å². The summed E-state index contributed by atoms with van der Waals surface area (Å²) < 4.78 is 14.1. The Hall–Kier alpha value is -1.66. The summed E-state index contributed by atoms with van der Waals surface area (Å²) >= 11 is 4.93. The zero-order valence-electron chi connectivity index (χ0n) is 15.3. The number of thioether (sulfide) groups is 1. The molecule has 0 bridgehead atoms. The van der Waals surface area contributed by atoms with Crippen molar-refractivity contribution in [2.24, 2.45) is 4.99 Å². The number of carbonyl (C=O) groups excluding carboxylic acids is 1. The van der Waals surface area contributed by atoms with Gasteiger partial charge in [-0.25, -0.2) is 9.38 Å². The standard InChI is InChI=1S/C20H22BrFN2OS/c1-5-24(4)12-23-20-13(2)9-17(14(3)19(20)21)18(25)11-26-16-8-6-7-15(22)10-16/h6-10,12H,5,11H2,1-4H3. The smallest absolute Gasteiger partial charge is 0.173 e. The fourth-order valence-corrected chi connectivity index (χ4v) is 3.78. The van der Waals surface area contributed by atoms with Crippen molar-refractivity contribution in [3.8, 4) is 0 Å². The molecule has 0 atom stereocenters. The van der Waals surface area contributed by atoms with Crippen LogP contribution in [-0.4, -0.2) is 36.4 Å². The maximum Gasteiger partial charge on any atom is 0.173 e. The van der Waals surface area contributed by atoms with E-state index in [1.54, 1.807) is 18.5 Å². The lowest BCUT2D eigenvalue weighted by molar-refractivity contribution is 0.102. The van der Waals surface area contributed by atoms with Crippen molar-refractivity contribution in [2.45, 2.75) is 25.7 Å². The minimum Gasteiger partial charge on any atom is -0.366 e. The third-order valence-electron chi connectivity index (χ3n) is 4.02. The van der Waals surface area contributed by atoms with Gasteiger partial charge in [0, 0.05) is 28.5 Å². The molecule has 6 heteroatoms. The van der Waals surface area contributed by atoms with E-state index in [-0.39, 0.29) is 17.4 Å². The first kappa shape index (κ1) is 20.6. The molecule has 0 saturated heterocycles. The summed E-state index contributed by atoms with van der Waals surface area (Å²) in [5.41, 5.74) is 3.30. The molecule has 2 aromatic rings. The van der Waals surface area contributed by atoms with Gasteiger partial charge in [-0.15, -0.1) is 11.8 Å². The van der Waals surface area contributed by atoms with Gasteiger partial charge in [0.05, 0.1) is 17.8 Å². The van der Waals surface area contributed by atoms with Crippen LogP contribution in [0.3, 0.4) is 0 Å². The first-order chi connectivity index (χ1) is 12.3. The van der Waals surface area contributed by atoms with Gasteiger partial charge >= 0.3 is 0 Å². The number of halogens is 2. The number of hydrogen-bond donors (Lipinski definition) is 0. The maximum atomic E-state index is 13.3. The lowest BCUT2D eigenvalue weighted by Crippen LogP contribution is -2.14. The molecule has 0 unspecified atom stereocenters. The van der Waals surface area contributed by atoms with E-state index >= 15 is 0 Å². The summed E-state index contributed by atoms with van der Waals surface area (Å²) in [5.74, 6) is -0.0181. The number of carbonyl (C=O) groups is 1. The van der Waals surface area contributed by atoms with Gasteiger partial charge in [0.15, 0.2) is 5.78 Å². The Morgan fingerprint density at radius 3 is 2.73 bits per heavy atom. The lowest BCUT2D eigenvalue weighted by atomic mass is 10.0. The Bertz CT molecular complexity index is 839. The van der Waals surface area contributed by atoms with Gasteiger partial charge in [-0.2, -0.15) is 0 Å². The SMILES string of the molecule is CCN(C)C=Nc1c(C)cc(C(=O)CSc2cccc(F)c2)c(C)c1Br. The highest BCUT2D eigenvalue weighted by Gasteiger charge is 2.16. The first-order valence-electron chi connectivity index (χ1n) is 8.29. The largest absolute Gasteiger partial charge is 0.366 e. The highest BCUT2D eigenvalue weighted by atomic mass is 79.9. The number of aryl methyl sites for hydroxylation is 1. The second kappa shape index (κ2) is 9.33. The van der Waals surface area contributed by atoms with Crippen molar-refractivity contribution in [1.82, 2.24) is 4.90 Å². The van der Waals surface area contributed by atoms with Gasteiger partial charge in [0.1, 0.15) is 5.82 Å². The predicted octanol–water partition coefficient (Wildman–Crippen LogP) is 5.79. The molecular weight excluding hydrogens is 415 g/mol. The van der Waals surface area contributed by atoms with Gasteiger partial charge in [-0.05, 0) is 72.1 Å². The molecule has 0 N–H and O–H groups in total. The summed E-state index contributed by atoms with van der Waals surface area (Å²) in [4.78, 5) is 19.9. The van der Waals surface area contributed by atoms with Crippen molar-refractivity contribution in [2.75, 3.05) is 19.3 Å². The van der Waals surface area contributed by atoms with Crippen molar-refractivity contribution in [1.29, 1.82) is 0 Å². The normalized spacial score (nSPS) is 11.2. The lowest BCUT2D eigenvalue weighted by Gasteiger charge is -2.14. The molecule has 0 aromatic heterocycles. The molecule has 138 valence electrons. The highest BCUT2D eigenvalue weighted by molar-refractivity contribution is 9.10. The monoisotopic (exact) mass is 436 g/mol. The molecule has 0 aliphatic carbocycles. The van der Waals surface area contributed by atoms with E-state index in [1.165, 1.54) is 23.9 Å². The van der Waals surface area contributed by atoms with Gasteiger partial charge in [0.2, 0.25) is 0 Å². The van der Waals surface area contributed by atoms with Crippen LogP contribution in [-0.2, 0) is 0 Å². The van der Waals surface area contributed by atoms with Gasteiger partial charge in [-0.3, -0.25) is 4.79 Å². The minimum absolute atomic E-state index is 0.0155. The molecule has 2 rings (SSSR count). The van der Waals surface area contributed by atoms with Crippen molar-refractivity contribution < 1.29 is 9.18 Å². The molecule has 0 amide bonds. The molecule has 0 aliphatic heterocycles. The summed E-state index contributed by atoms with van der Waals surface area (Å²) in [6.45, 7) is 6.77. The third-order valence-corrected chi connectivity index (χ3v) is 5.99. The molecule has 0 aliphatic rings. The Balaban J connectivity index is 2.21. The molecule has 0 radical (unpaired) electrons. The number of nitrogens with zero attached hydrogens (tertiary/aromatic N) is 2. The number of ketones is 1. The maximum absolute atomic E-state index is 13.3. The number of Topliss-reactive ketones (excluding diaryl/α,β-unsaturated/α-hetero) is 1. The molecule has 0 heterocycles. The highest BCUT2D eigenvalue weighted by Crippen LogP contribution is 2.35. The number of benzene rings is 2. The van der Waals surface area contributed by atoms with E-state index in [9.17, 15) is 9.18 Å². The van der Waals surface area contributed by atoms with Crippen LogP contribution in [0.4, 0.5) is 10.1 Å². The Morgan fingerprint density at radius 1 is 1.35 bits per heavy atom. The summed E-state index contributed by atoms with van der Waals surface area (Å²) in [5, 5.41) is 0. The molecule has 26 heavy (non-hydrogen) atoms. The molecule has 0 fully saturated rings. The van der Waals surface area contributed by atoms with Crippen LogP contribution in [0.1, 0.15) is 28.4 Å². The zero-order chi connectivity index (χ0) is 19.3. The van der Waals surface area contributed by atoms with E-state index < -0.39 is 0 Å². The molecular formula is C20H22BrFN2OS. The Kier molecular flexibility index (Phi) is 7.41. The number of hydrogen-bond acceptors (Lipinski definition) is 3. The summed E-state index contributed by atoms with van der Waals surface area (Å²) in [6.07, 6.45) is 1.79. The fourth-order valence-electron chi connectivity index (χ4n) is 2.33. The topological polar surface area (TPSA) is 32.7 Å². The van der Waals surface area contributed by atoms with Crippen molar-refractivity contribution in [3.05, 3.63) is 57.3 Å². The summed E-state index contributed by atoms with van der Waals surface area (Å²) in [7, 11) is 1.96. The van der Waals surface area contributed by atoms with Crippen molar-refractivity contribution >= 4 is 45.5 Å². The van der Waals surface area contributed by atoms with E-state index in [1.807, 2.05) is 31.9 Å². The van der Waals surface area contributed by atoms with Gasteiger partial charge < -0.3 is 4.90 Å². The van der Waals surface area contributed by atoms with Crippen LogP contribution >= 0.6 is 27.7 Å². The average molecular weight is 437 g/mol. The zero-order valence-corrected chi connectivity index (χ0v) is 17.7. The third kappa shape index (κ3) is 5.17. The van der Waals surface area contributed by atoms with Crippen molar-refractivity contribution in [3.63, 3.8) is 0 Å². The van der Waals surface area contributed by atoms with Crippen LogP contribution in [0.15, 0.2) is 44.7 Å². The van der Waals surface area contributed by atoms with Crippen LogP contribution < -0.4 is 0 Å². The predicted molar refractivity (Wildman–Crippen MR) is 112 cm³/mol. The van der Waals surface area contributed by atoms with Gasteiger partial charge in [0.25, 0.3) is 0 Å². The number of rotatable bonds is 7. The number of aliphatic imine (C=N–C) groups is 1. The average Bonchev–Trinajstić information content (AvgIpc) is 2.62.